The van der Waals surface area contributed by atoms with E-state index in [0.29, 0.717) is 12.3 Å². The number of alkyl halides is 1. The van der Waals surface area contributed by atoms with E-state index in [9.17, 15) is 9.50 Å². The molecule has 1 aliphatic rings. The van der Waals surface area contributed by atoms with Crippen LogP contribution in [0.3, 0.4) is 0 Å². The van der Waals surface area contributed by atoms with Crippen molar-refractivity contribution in [2.45, 2.75) is 95.7 Å². The van der Waals surface area contributed by atoms with Gasteiger partial charge in [-0.3, -0.25) is 0 Å². The minimum atomic E-state index is -0.649. The molecule has 0 bridgehead atoms. The van der Waals surface area contributed by atoms with Gasteiger partial charge in [-0.2, -0.15) is 6.42 Å². The third kappa shape index (κ3) is 7.32. The number of aliphatic hydroxyl groups excluding tert-OH is 1. The molecule has 0 aliphatic heterocycles. The number of hydrogen-bond donors (Lipinski definition) is 1. The summed E-state index contributed by atoms with van der Waals surface area (Å²) in [7, 11) is 0. The molecule has 1 saturated carbocycles. The van der Waals surface area contributed by atoms with Crippen LogP contribution in [0.2, 0.25) is 0 Å². The fourth-order valence-corrected chi connectivity index (χ4v) is 4.27. The molecule has 1 nitrogen and oxygen atoms in total. The minimum Gasteiger partial charge on any atom is -0.388 e. The standard InChI is InChI=1S/C23H36FO.Y/c1-3-5-7-9-10-21-20(16-17-22(21)24)18-12-14-19(15-13-18)23(25)11-8-6-4-2;/h12-15,20-23,25H,1,3-11,16-17H2,2H3;/q-1;. The van der Waals surface area contributed by atoms with Crippen molar-refractivity contribution in [2.75, 3.05) is 0 Å². The fourth-order valence-electron chi connectivity index (χ4n) is 4.27. The summed E-state index contributed by atoms with van der Waals surface area (Å²) in [5.41, 5.74) is 2.26. The molecule has 1 radical (unpaired) electrons. The maximum absolute atomic E-state index is 14.4. The zero-order chi connectivity index (χ0) is 18.1. The first kappa shape index (κ1) is 24.3. The zero-order valence-electron chi connectivity index (χ0n) is 16.5. The van der Waals surface area contributed by atoms with Crippen molar-refractivity contribution in [1.82, 2.24) is 0 Å². The second-order valence-electron chi connectivity index (χ2n) is 7.74. The van der Waals surface area contributed by atoms with Gasteiger partial charge in [-0.05, 0) is 48.6 Å². The number of rotatable bonds is 11. The maximum atomic E-state index is 14.4. The second kappa shape index (κ2) is 13.4. The van der Waals surface area contributed by atoms with Crippen LogP contribution in [0.25, 0.3) is 0 Å². The van der Waals surface area contributed by atoms with Crippen molar-refractivity contribution in [3.05, 3.63) is 42.3 Å². The molecule has 2 rings (SSSR count). The maximum Gasteiger partial charge on any atom is 0.104 e. The number of unbranched alkanes of at least 4 members (excludes halogenated alkanes) is 5. The smallest absolute Gasteiger partial charge is 0.104 e. The molecule has 0 saturated heterocycles. The largest absolute Gasteiger partial charge is 0.388 e. The first-order valence-corrected chi connectivity index (χ1v) is 10.4. The van der Waals surface area contributed by atoms with Gasteiger partial charge in [-0.15, -0.1) is 0 Å². The average molecular weight is 436 g/mol. The van der Waals surface area contributed by atoms with Crippen molar-refractivity contribution < 1.29 is 42.2 Å². The first-order chi connectivity index (χ1) is 12.2. The summed E-state index contributed by atoms with van der Waals surface area (Å²) in [6.07, 6.45) is 10.3. The van der Waals surface area contributed by atoms with E-state index in [1.807, 2.05) is 0 Å². The molecular formula is C23H36FOY-. The molecule has 0 spiro atoms. The van der Waals surface area contributed by atoms with Crippen LogP contribution in [0.4, 0.5) is 4.39 Å². The van der Waals surface area contributed by atoms with Crippen LogP contribution in [0.5, 0.6) is 0 Å². The van der Waals surface area contributed by atoms with Crippen LogP contribution in [-0.2, 0) is 32.7 Å². The van der Waals surface area contributed by atoms with Crippen LogP contribution in [-0.4, -0.2) is 11.3 Å². The van der Waals surface area contributed by atoms with Gasteiger partial charge < -0.3 is 12.0 Å². The molecule has 4 unspecified atom stereocenters. The molecule has 1 aromatic rings. The summed E-state index contributed by atoms with van der Waals surface area (Å²) in [4.78, 5) is 0. The second-order valence-corrected chi connectivity index (χ2v) is 7.74. The Morgan fingerprint density at radius 1 is 1.08 bits per heavy atom. The molecule has 1 fully saturated rings. The van der Waals surface area contributed by atoms with E-state index in [2.05, 4.69) is 38.1 Å². The molecule has 26 heavy (non-hydrogen) atoms. The fraction of sp³-hybridized carbons (Fsp3) is 0.696. The van der Waals surface area contributed by atoms with Gasteiger partial charge in [0.15, 0.2) is 0 Å². The van der Waals surface area contributed by atoms with Gasteiger partial charge in [0.2, 0.25) is 0 Å². The monoisotopic (exact) mass is 436 g/mol. The molecule has 1 aromatic carbocycles. The van der Waals surface area contributed by atoms with Crippen molar-refractivity contribution in [2.24, 2.45) is 5.92 Å². The van der Waals surface area contributed by atoms with Gasteiger partial charge in [0.1, 0.15) is 6.17 Å². The summed E-state index contributed by atoms with van der Waals surface area (Å²) in [5, 5.41) is 10.3. The van der Waals surface area contributed by atoms with Crippen LogP contribution < -0.4 is 0 Å². The molecule has 145 valence electrons. The summed E-state index contributed by atoms with van der Waals surface area (Å²) >= 11 is 0. The molecule has 4 atom stereocenters. The minimum absolute atomic E-state index is 0. The summed E-state index contributed by atoms with van der Waals surface area (Å²) in [6, 6.07) is 8.36. The van der Waals surface area contributed by atoms with Gasteiger partial charge >= 0.3 is 0 Å². The Hall–Kier alpha value is 0.214. The predicted octanol–water partition coefficient (Wildman–Crippen LogP) is 6.91. The Morgan fingerprint density at radius 2 is 1.81 bits per heavy atom. The van der Waals surface area contributed by atoms with Crippen molar-refractivity contribution in [3.63, 3.8) is 0 Å². The Balaban J connectivity index is 0.00000338. The van der Waals surface area contributed by atoms with Crippen LogP contribution >= 0.6 is 0 Å². The third-order valence-electron chi connectivity index (χ3n) is 5.85. The van der Waals surface area contributed by atoms with Crippen LogP contribution in [0.1, 0.15) is 101 Å². The number of hydrogen-bond acceptors (Lipinski definition) is 1. The molecule has 0 heterocycles. The Bertz CT molecular complexity index is 476. The van der Waals surface area contributed by atoms with E-state index in [1.165, 1.54) is 24.8 Å². The molecule has 3 heteroatoms. The normalized spacial score (nSPS) is 23.6. The molecule has 0 amide bonds. The van der Waals surface area contributed by atoms with Gasteiger partial charge in [0.25, 0.3) is 0 Å². The van der Waals surface area contributed by atoms with Gasteiger partial charge in [0.05, 0.1) is 6.10 Å². The average Bonchev–Trinajstić information content (AvgIpc) is 3.00. The number of aliphatic hydroxyl groups is 1. The van der Waals surface area contributed by atoms with Crippen molar-refractivity contribution in [1.29, 1.82) is 0 Å². The van der Waals surface area contributed by atoms with Gasteiger partial charge in [0, 0.05) is 32.7 Å². The molecular weight excluding hydrogens is 400 g/mol. The van der Waals surface area contributed by atoms with Gasteiger partial charge in [-0.1, -0.05) is 69.7 Å². The quantitative estimate of drug-likeness (QED) is 0.295. The van der Waals surface area contributed by atoms with Crippen molar-refractivity contribution >= 4 is 0 Å². The molecule has 1 N–H and O–H groups in total. The van der Waals surface area contributed by atoms with E-state index < -0.39 is 6.17 Å². The van der Waals surface area contributed by atoms with E-state index in [4.69, 9.17) is 0 Å². The van der Waals surface area contributed by atoms with Crippen LogP contribution in [0, 0.1) is 12.8 Å². The van der Waals surface area contributed by atoms with E-state index in [1.54, 1.807) is 0 Å². The van der Waals surface area contributed by atoms with E-state index in [-0.39, 0.29) is 44.7 Å². The number of benzene rings is 1. The van der Waals surface area contributed by atoms with Crippen molar-refractivity contribution in [3.8, 4) is 0 Å². The Kier molecular flexibility index (Phi) is 12.5. The zero-order valence-corrected chi connectivity index (χ0v) is 19.3. The predicted molar refractivity (Wildman–Crippen MR) is 104 cm³/mol. The Labute approximate surface area is 185 Å². The summed E-state index contributed by atoms with van der Waals surface area (Å²) in [5.74, 6) is 0.520. The third-order valence-corrected chi connectivity index (χ3v) is 5.85. The molecule has 0 aromatic heterocycles. The Morgan fingerprint density at radius 3 is 2.46 bits per heavy atom. The first-order valence-electron chi connectivity index (χ1n) is 10.4. The summed E-state index contributed by atoms with van der Waals surface area (Å²) in [6.45, 7) is 6.06. The van der Waals surface area contributed by atoms with E-state index in [0.717, 1.165) is 50.5 Å². The summed E-state index contributed by atoms with van der Waals surface area (Å²) < 4.78 is 14.4. The molecule has 1 aliphatic carbocycles. The topological polar surface area (TPSA) is 20.2 Å². The SMILES string of the molecule is [CH2-]CCCCCC1C(F)CCC1c1ccc(C(O)CCCCC)cc1.[Y]. The van der Waals surface area contributed by atoms with E-state index >= 15 is 0 Å². The number of halogens is 1. The van der Waals surface area contributed by atoms with Crippen LogP contribution in [0.15, 0.2) is 24.3 Å². The van der Waals surface area contributed by atoms with Gasteiger partial charge in [-0.25, -0.2) is 4.39 Å².